The molecule has 1 aliphatic heterocycles. The van der Waals surface area contributed by atoms with E-state index in [0.29, 0.717) is 18.0 Å². The van der Waals surface area contributed by atoms with Gasteiger partial charge in [-0.1, -0.05) is 13.8 Å². The van der Waals surface area contributed by atoms with Gasteiger partial charge in [0.1, 0.15) is 0 Å². The molecule has 0 aromatic heterocycles. The van der Waals surface area contributed by atoms with Gasteiger partial charge in [0.15, 0.2) is 0 Å². The SMILES string of the molecule is CC(C)C[C@H](N)C(=O)N1C(C)CCCC1C. The summed E-state index contributed by atoms with van der Waals surface area (Å²) in [6.45, 7) is 8.48. The summed E-state index contributed by atoms with van der Waals surface area (Å²) < 4.78 is 0. The Bertz CT molecular complexity index is 230. The fourth-order valence-corrected chi connectivity index (χ4v) is 2.66. The summed E-state index contributed by atoms with van der Waals surface area (Å²) in [7, 11) is 0. The Balaban J connectivity index is 2.63. The van der Waals surface area contributed by atoms with Crippen molar-refractivity contribution in [3.63, 3.8) is 0 Å². The summed E-state index contributed by atoms with van der Waals surface area (Å²) in [4.78, 5) is 14.3. The minimum absolute atomic E-state index is 0.147. The van der Waals surface area contributed by atoms with Crippen molar-refractivity contribution >= 4 is 5.91 Å². The van der Waals surface area contributed by atoms with Gasteiger partial charge < -0.3 is 10.6 Å². The lowest BCUT2D eigenvalue weighted by molar-refractivity contribution is -0.139. The first-order valence-electron chi connectivity index (χ1n) is 6.51. The second-order valence-electron chi connectivity index (χ2n) is 5.61. The lowest BCUT2D eigenvalue weighted by Gasteiger charge is -2.40. The van der Waals surface area contributed by atoms with Crippen LogP contribution in [0.5, 0.6) is 0 Å². The number of nitrogens with two attached hydrogens (primary N) is 1. The van der Waals surface area contributed by atoms with Crippen molar-refractivity contribution in [3.8, 4) is 0 Å². The van der Waals surface area contributed by atoms with Gasteiger partial charge in [0.05, 0.1) is 6.04 Å². The summed E-state index contributed by atoms with van der Waals surface area (Å²) in [6.07, 6.45) is 4.25. The van der Waals surface area contributed by atoms with E-state index in [4.69, 9.17) is 5.73 Å². The molecule has 2 unspecified atom stereocenters. The van der Waals surface area contributed by atoms with Crippen LogP contribution in [0, 0.1) is 5.92 Å². The van der Waals surface area contributed by atoms with Gasteiger partial charge in [-0.2, -0.15) is 0 Å². The van der Waals surface area contributed by atoms with Crippen molar-refractivity contribution in [2.24, 2.45) is 11.7 Å². The molecule has 1 fully saturated rings. The minimum Gasteiger partial charge on any atom is -0.336 e. The van der Waals surface area contributed by atoms with Crippen molar-refractivity contribution < 1.29 is 4.79 Å². The molecule has 0 aliphatic carbocycles. The number of hydrogen-bond donors (Lipinski definition) is 1. The third-order valence-corrected chi connectivity index (χ3v) is 3.49. The first-order chi connectivity index (χ1) is 7.43. The quantitative estimate of drug-likeness (QED) is 0.801. The highest BCUT2D eigenvalue weighted by Gasteiger charge is 2.31. The van der Waals surface area contributed by atoms with Crippen molar-refractivity contribution in [2.75, 3.05) is 0 Å². The van der Waals surface area contributed by atoms with E-state index in [1.54, 1.807) is 0 Å². The van der Waals surface area contributed by atoms with Gasteiger partial charge in [0.25, 0.3) is 0 Å². The maximum Gasteiger partial charge on any atom is 0.239 e. The molecular formula is C13H26N2O. The minimum atomic E-state index is -0.317. The molecule has 1 amide bonds. The van der Waals surface area contributed by atoms with Crippen molar-refractivity contribution in [1.29, 1.82) is 0 Å². The smallest absolute Gasteiger partial charge is 0.239 e. The molecule has 94 valence electrons. The monoisotopic (exact) mass is 226 g/mol. The van der Waals surface area contributed by atoms with Gasteiger partial charge in [-0.3, -0.25) is 4.79 Å². The molecule has 3 heteroatoms. The van der Waals surface area contributed by atoms with Crippen LogP contribution in [-0.2, 0) is 4.79 Å². The average molecular weight is 226 g/mol. The number of rotatable bonds is 3. The Morgan fingerprint density at radius 1 is 1.31 bits per heavy atom. The second kappa shape index (κ2) is 5.67. The van der Waals surface area contributed by atoms with E-state index in [-0.39, 0.29) is 11.9 Å². The molecule has 16 heavy (non-hydrogen) atoms. The molecule has 1 rings (SSSR count). The molecule has 0 aromatic carbocycles. The lowest BCUT2D eigenvalue weighted by atomic mass is 9.95. The van der Waals surface area contributed by atoms with Crippen LogP contribution in [0.25, 0.3) is 0 Å². The van der Waals surface area contributed by atoms with Gasteiger partial charge in [0, 0.05) is 12.1 Å². The van der Waals surface area contributed by atoms with Crippen molar-refractivity contribution in [1.82, 2.24) is 4.90 Å². The van der Waals surface area contributed by atoms with Crippen molar-refractivity contribution in [3.05, 3.63) is 0 Å². The Morgan fingerprint density at radius 2 is 1.81 bits per heavy atom. The van der Waals surface area contributed by atoms with Gasteiger partial charge in [-0.05, 0) is 45.4 Å². The summed E-state index contributed by atoms with van der Waals surface area (Å²) >= 11 is 0. The molecule has 0 aromatic rings. The summed E-state index contributed by atoms with van der Waals surface area (Å²) in [5, 5.41) is 0. The van der Waals surface area contributed by atoms with Gasteiger partial charge >= 0.3 is 0 Å². The number of likely N-dealkylation sites (tertiary alicyclic amines) is 1. The van der Waals surface area contributed by atoms with E-state index in [9.17, 15) is 4.79 Å². The molecule has 0 spiro atoms. The van der Waals surface area contributed by atoms with Crippen LogP contribution in [0.2, 0.25) is 0 Å². The average Bonchev–Trinajstić information content (AvgIpc) is 2.16. The van der Waals surface area contributed by atoms with Crippen LogP contribution in [0.1, 0.15) is 53.4 Å². The van der Waals surface area contributed by atoms with Crippen LogP contribution in [0.15, 0.2) is 0 Å². The zero-order valence-corrected chi connectivity index (χ0v) is 11.1. The Hall–Kier alpha value is -0.570. The van der Waals surface area contributed by atoms with E-state index in [1.165, 1.54) is 6.42 Å². The standard InChI is InChI=1S/C13H26N2O/c1-9(2)8-12(14)13(16)15-10(3)6-5-7-11(15)4/h9-12H,5-8,14H2,1-4H3/t10?,11?,12-/m0/s1. The fourth-order valence-electron chi connectivity index (χ4n) is 2.66. The largest absolute Gasteiger partial charge is 0.336 e. The highest BCUT2D eigenvalue weighted by Crippen LogP contribution is 2.23. The van der Waals surface area contributed by atoms with E-state index in [1.807, 2.05) is 4.90 Å². The number of piperidine rings is 1. The maximum atomic E-state index is 12.3. The molecule has 1 aliphatic rings. The lowest BCUT2D eigenvalue weighted by Crippen LogP contribution is -2.53. The molecule has 1 saturated heterocycles. The number of amides is 1. The van der Waals surface area contributed by atoms with Gasteiger partial charge in [0.2, 0.25) is 5.91 Å². The second-order valence-corrected chi connectivity index (χ2v) is 5.61. The normalized spacial score (nSPS) is 28.2. The van der Waals surface area contributed by atoms with E-state index >= 15 is 0 Å². The van der Waals surface area contributed by atoms with Crippen molar-refractivity contribution in [2.45, 2.75) is 71.5 Å². The molecule has 2 N–H and O–H groups in total. The molecule has 0 saturated carbocycles. The van der Waals surface area contributed by atoms with Gasteiger partial charge in [-0.25, -0.2) is 0 Å². The fraction of sp³-hybridized carbons (Fsp3) is 0.923. The van der Waals surface area contributed by atoms with Crippen LogP contribution in [0.3, 0.4) is 0 Å². The van der Waals surface area contributed by atoms with E-state index in [2.05, 4.69) is 27.7 Å². The molecule has 1 heterocycles. The number of hydrogen-bond acceptors (Lipinski definition) is 2. The first kappa shape index (κ1) is 13.5. The Kier molecular flexibility index (Phi) is 4.78. The van der Waals surface area contributed by atoms with Crippen LogP contribution >= 0.6 is 0 Å². The number of carbonyl (C=O) groups excluding carboxylic acids is 1. The van der Waals surface area contributed by atoms with Crippen LogP contribution < -0.4 is 5.73 Å². The van der Waals surface area contributed by atoms with E-state index < -0.39 is 0 Å². The third kappa shape index (κ3) is 3.21. The third-order valence-electron chi connectivity index (χ3n) is 3.49. The number of carbonyl (C=O) groups is 1. The van der Waals surface area contributed by atoms with E-state index in [0.717, 1.165) is 19.3 Å². The molecule has 3 nitrogen and oxygen atoms in total. The predicted molar refractivity (Wildman–Crippen MR) is 67.1 cm³/mol. The Labute approximate surface area is 99.4 Å². The first-order valence-corrected chi connectivity index (χ1v) is 6.51. The molecule has 0 bridgehead atoms. The maximum absolute atomic E-state index is 12.3. The van der Waals surface area contributed by atoms with Crippen LogP contribution in [-0.4, -0.2) is 28.9 Å². The zero-order chi connectivity index (χ0) is 12.3. The number of nitrogens with zero attached hydrogens (tertiary/aromatic N) is 1. The summed E-state index contributed by atoms with van der Waals surface area (Å²) in [5.74, 6) is 0.628. The highest BCUT2D eigenvalue weighted by atomic mass is 16.2. The van der Waals surface area contributed by atoms with Gasteiger partial charge in [-0.15, -0.1) is 0 Å². The Morgan fingerprint density at radius 3 is 2.25 bits per heavy atom. The van der Waals surface area contributed by atoms with Crippen LogP contribution in [0.4, 0.5) is 0 Å². The molecular weight excluding hydrogens is 200 g/mol. The zero-order valence-electron chi connectivity index (χ0n) is 11.1. The molecule has 3 atom stereocenters. The summed E-state index contributed by atoms with van der Waals surface area (Å²) in [5.41, 5.74) is 5.98. The predicted octanol–water partition coefficient (Wildman–Crippen LogP) is 2.15. The molecule has 0 radical (unpaired) electrons. The highest BCUT2D eigenvalue weighted by molar-refractivity contribution is 5.82. The summed E-state index contributed by atoms with van der Waals surface area (Å²) in [6, 6.07) is 0.395. The topological polar surface area (TPSA) is 46.3 Å².